The fraction of sp³-hybridized carbons (Fsp3) is 0.594. The molecule has 3 saturated heterocycles. The van der Waals surface area contributed by atoms with Gasteiger partial charge < -0.3 is 24.5 Å². The lowest BCUT2D eigenvalue weighted by Gasteiger charge is -2.37. The number of carbonyl (C=O) groups is 3. The van der Waals surface area contributed by atoms with E-state index in [1.54, 1.807) is 33.7 Å². The van der Waals surface area contributed by atoms with Crippen molar-refractivity contribution in [2.45, 2.75) is 68.4 Å². The lowest BCUT2D eigenvalue weighted by Crippen LogP contribution is -2.55. The van der Waals surface area contributed by atoms with Crippen LogP contribution in [0.25, 0.3) is 0 Å². The first-order valence-corrected chi connectivity index (χ1v) is 15.9. The molecule has 9 heteroatoms. The number of anilines is 2. The number of fused-ring (bicyclic) bond motifs is 1. The summed E-state index contributed by atoms with van der Waals surface area (Å²) in [4.78, 5) is 47.8. The third-order valence-electron chi connectivity index (χ3n) is 8.80. The third kappa shape index (κ3) is 5.93. The zero-order valence-corrected chi connectivity index (χ0v) is 25.3. The summed E-state index contributed by atoms with van der Waals surface area (Å²) in [5.41, 5.74) is 1.85. The molecule has 3 fully saturated rings. The van der Waals surface area contributed by atoms with Crippen molar-refractivity contribution in [1.29, 1.82) is 0 Å². The molecule has 2 amide bonds. The number of aliphatic hydroxyl groups is 1. The van der Waals surface area contributed by atoms with Gasteiger partial charge in [-0.2, -0.15) is 0 Å². The summed E-state index contributed by atoms with van der Waals surface area (Å²) in [6, 6.07) is 7.31. The molecule has 1 aromatic rings. The fourth-order valence-corrected chi connectivity index (χ4v) is 9.08. The van der Waals surface area contributed by atoms with E-state index in [9.17, 15) is 19.5 Å². The van der Waals surface area contributed by atoms with E-state index >= 15 is 0 Å². The highest BCUT2D eigenvalue weighted by molar-refractivity contribution is 8.02. The zero-order chi connectivity index (χ0) is 29.6. The predicted octanol–water partition coefficient (Wildman–Crippen LogP) is 4.42. The van der Waals surface area contributed by atoms with E-state index in [1.165, 1.54) is 0 Å². The standard InChI is InChI=1S/C32H45N3O5S/c1-5-9-22-40-31(39)26-25-17-18-32(41-25)27(26)29(37)35(20-11-10-12-21-36)28(32)30(38)34(19-6-2)24-15-13-23(14-16-24)33(7-3)8-4/h5-6,13-16,25-28,36H,1-2,7-12,17-22H2,3-4H3/t25-,26+,27+,28?,32?/m1/s1. The lowest BCUT2D eigenvalue weighted by molar-refractivity contribution is -0.154. The topological polar surface area (TPSA) is 90.4 Å². The van der Waals surface area contributed by atoms with Crippen LogP contribution in [0.5, 0.6) is 0 Å². The van der Waals surface area contributed by atoms with Crippen LogP contribution in [0, 0.1) is 11.8 Å². The van der Waals surface area contributed by atoms with E-state index in [0.717, 1.165) is 37.3 Å². The van der Waals surface area contributed by atoms with Crippen LogP contribution in [0.1, 0.15) is 52.4 Å². The molecule has 0 aliphatic carbocycles. The Bertz CT molecular complexity index is 1110. The number of benzene rings is 1. The highest BCUT2D eigenvalue weighted by atomic mass is 32.2. The van der Waals surface area contributed by atoms with Crippen LogP contribution >= 0.6 is 11.8 Å². The highest BCUT2D eigenvalue weighted by Gasteiger charge is 2.74. The third-order valence-corrected chi connectivity index (χ3v) is 10.7. The number of aliphatic hydroxyl groups excluding tert-OH is 1. The Morgan fingerprint density at radius 3 is 2.46 bits per heavy atom. The van der Waals surface area contributed by atoms with Crippen molar-refractivity contribution in [3.8, 4) is 0 Å². The van der Waals surface area contributed by atoms with Crippen LogP contribution in [0.2, 0.25) is 0 Å². The SMILES string of the molecule is C=CCCOC(=O)[C@@H]1[C@H]2C(=O)N(CCCCCO)C(C(=O)N(CC=C)c3ccc(N(CC)CC)cc3)C23CC[C@H]1S3. The van der Waals surface area contributed by atoms with Gasteiger partial charge in [-0.15, -0.1) is 24.9 Å². The number of hydrogen-bond donors (Lipinski definition) is 1. The van der Waals surface area contributed by atoms with Crippen LogP contribution in [0.3, 0.4) is 0 Å². The molecule has 0 aromatic heterocycles. The van der Waals surface area contributed by atoms with E-state index in [0.29, 0.717) is 38.8 Å². The molecule has 8 nitrogen and oxygen atoms in total. The van der Waals surface area contributed by atoms with Crippen molar-refractivity contribution < 1.29 is 24.2 Å². The molecule has 41 heavy (non-hydrogen) atoms. The van der Waals surface area contributed by atoms with Crippen molar-refractivity contribution in [3.63, 3.8) is 0 Å². The number of hydrogen-bond acceptors (Lipinski definition) is 7. The summed E-state index contributed by atoms with van der Waals surface area (Å²) in [6.45, 7) is 14.7. The molecule has 2 unspecified atom stereocenters. The first-order chi connectivity index (χ1) is 19.9. The Balaban J connectivity index is 1.68. The second-order valence-electron chi connectivity index (χ2n) is 11.0. The maximum Gasteiger partial charge on any atom is 0.310 e. The van der Waals surface area contributed by atoms with Gasteiger partial charge in [-0.3, -0.25) is 14.4 Å². The molecule has 3 aliphatic rings. The summed E-state index contributed by atoms with van der Waals surface area (Å²) in [5, 5.41) is 9.25. The molecule has 4 rings (SSSR count). The Labute approximate surface area is 248 Å². The minimum atomic E-state index is -0.683. The molecule has 0 saturated carbocycles. The minimum absolute atomic E-state index is 0.0340. The fourth-order valence-electron chi connectivity index (χ4n) is 6.88. The van der Waals surface area contributed by atoms with Gasteiger partial charge in [0, 0.05) is 49.4 Å². The van der Waals surface area contributed by atoms with E-state index in [1.807, 2.05) is 24.3 Å². The zero-order valence-electron chi connectivity index (χ0n) is 24.5. The van der Waals surface area contributed by atoms with Crippen LogP contribution < -0.4 is 9.80 Å². The molecule has 5 atom stereocenters. The Morgan fingerprint density at radius 2 is 1.83 bits per heavy atom. The first kappa shape index (κ1) is 31.2. The van der Waals surface area contributed by atoms with Crippen LogP contribution in [-0.2, 0) is 19.1 Å². The number of nitrogens with zero attached hydrogens (tertiary/aromatic N) is 3. The van der Waals surface area contributed by atoms with Gasteiger partial charge >= 0.3 is 5.97 Å². The summed E-state index contributed by atoms with van der Waals surface area (Å²) < 4.78 is 4.92. The smallest absolute Gasteiger partial charge is 0.310 e. The van der Waals surface area contributed by atoms with Crippen LogP contribution in [0.15, 0.2) is 49.6 Å². The second kappa shape index (κ2) is 13.9. The molecule has 224 valence electrons. The number of carbonyl (C=O) groups excluding carboxylic acids is 3. The maximum atomic E-state index is 14.6. The Morgan fingerprint density at radius 1 is 1.12 bits per heavy atom. The van der Waals surface area contributed by atoms with Gasteiger partial charge in [0.15, 0.2) is 0 Å². The van der Waals surface area contributed by atoms with Gasteiger partial charge in [-0.1, -0.05) is 12.2 Å². The van der Waals surface area contributed by atoms with Gasteiger partial charge in [0.25, 0.3) is 5.91 Å². The molecule has 1 aromatic carbocycles. The van der Waals surface area contributed by atoms with Gasteiger partial charge in [0.1, 0.15) is 6.04 Å². The molecule has 1 N–H and O–H groups in total. The minimum Gasteiger partial charge on any atom is -0.465 e. The van der Waals surface area contributed by atoms with Crippen molar-refractivity contribution >= 4 is 40.9 Å². The molecule has 0 radical (unpaired) electrons. The lowest BCUT2D eigenvalue weighted by atomic mass is 9.71. The quantitative estimate of drug-likeness (QED) is 0.175. The molecule has 2 bridgehead atoms. The average molecular weight is 584 g/mol. The highest BCUT2D eigenvalue weighted by Crippen LogP contribution is 2.66. The number of amides is 2. The summed E-state index contributed by atoms with van der Waals surface area (Å²) in [6.07, 6.45) is 7.54. The van der Waals surface area contributed by atoms with Crippen LogP contribution in [0.4, 0.5) is 11.4 Å². The monoisotopic (exact) mass is 583 g/mol. The molecule has 1 spiro atoms. The normalized spacial score (nSPS) is 26.1. The van der Waals surface area contributed by atoms with Gasteiger partial charge in [0.2, 0.25) is 5.91 Å². The van der Waals surface area contributed by atoms with Crippen molar-refractivity contribution in [2.24, 2.45) is 11.8 Å². The maximum absolute atomic E-state index is 14.6. The molecular formula is C32H45N3O5S. The van der Waals surface area contributed by atoms with E-state index < -0.39 is 22.6 Å². The molecule has 3 heterocycles. The number of unbranched alkanes of at least 4 members (excludes halogenated alkanes) is 2. The van der Waals surface area contributed by atoms with Crippen molar-refractivity contribution in [2.75, 3.05) is 49.2 Å². The average Bonchev–Trinajstić information content (AvgIpc) is 3.62. The van der Waals surface area contributed by atoms with Gasteiger partial charge in [-0.25, -0.2) is 0 Å². The number of esters is 1. The largest absolute Gasteiger partial charge is 0.465 e. The number of thioether (sulfide) groups is 1. The van der Waals surface area contributed by atoms with Crippen LogP contribution in [-0.4, -0.2) is 83.2 Å². The number of ether oxygens (including phenoxy) is 1. The molecule has 3 aliphatic heterocycles. The van der Waals surface area contributed by atoms with E-state index in [4.69, 9.17) is 4.74 Å². The van der Waals surface area contributed by atoms with Gasteiger partial charge in [0.05, 0.1) is 23.2 Å². The predicted molar refractivity (Wildman–Crippen MR) is 165 cm³/mol. The number of likely N-dealkylation sites (tertiary alicyclic amines) is 1. The number of rotatable bonds is 16. The Hall–Kier alpha value is -2.78. The second-order valence-corrected chi connectivity index (χ2v) is 12.6. The molecular weight excluding hydrogens is 538 g/mol. The summed E-state index contributed by atoms with van der Waals surface area (Å²) in [7, 11) is 0. The van der Waals surface area contributed by atoms with E-state index in [-0.39, 0.29) is 36.2 Å². The van der Waals surface area contributed by atoms with Gasteiger partial charge in [-0.05, 0) is 76.6 Å². The Kier molecular flexibility index (Phi) is 10.6. The van der Waals surface area contributed by atoms with E-state index in [2.05, 4.69) is 31.9 Å². The first-order valence-electron chi connectivity index (χ1n) is 15.0. The van der Waals surface area contributed by atoms with Crippen molar-refractivity contribution in [1.82, 2.24) is 4.90 Å². The summed E-state index contributed by atoms with van der Waals surface area (Å²) >= 11 is 1.65. The van der Waals surface area contributed by atoms with Crippen molar-refractivity contribution in [3.05, 3.63) is 49.6 Å². The summed E-state index contributed by atoms with van der Waals surface area (Å²) in [5.74, 6) is -1.72.